The van der Waals surface area contributed by atoms with E-state index in [0.29, 0.717) is 5.82 Å². The molecule has 1 heteroatoms. The van der Waals surface area contributed by atoms with Gasteiger partial charge >= 0.3 is 0 Å². The maximum absolute atomic E-state index is 5.90. The molecule has 62 valence electrons. The highest BCUT2D eigenvalue weighted by Gasteiger charge is 2.33. The smallest absolute Gasteiger partial charge is 0.0703 e. The Kier molecular flexibility index (Phi) is 3.03. The van der Waals surface area contributed by atoms with Crippen molar-refractivity contribution in [2.45, 2.75) is 45.9 Å². The van der Waals surface area contributed by atoms with Gasteiger partial charge in [0.25, 0.3) is 0 Å². The largest absolute Gasteiger partial charge is 0.0741 e. The van der Waals surface area contributed by atoms with Gasteiger partial charge in [-0.3, -0.25) is 0 Å². The minimum Gasteiger partial charge on any atom is -0.0741 e. The zero-order chi connectivity index (χ0) is 8.43. The van der Waals surface area contributed by atoms with Crippen molar-refractivity contribution in [3.8, 4) is 0 Å². The molecule has 0 nitrogen and oxygen atoms in total. The molecule has 2 radical (unpaired) electrons. The van der Waals surface area contributed by atoms with E-state index in [4.69, 9.17) is 7.85 Å². The first kappa shape index (κ1) is 9.16. The molecule has 0 amide bonds. The van der Waals surface area contributed by atoms with E-state index in [-0.39, 0.29) is 0 Å². The molecule has 0 aromatic heterocycles. The molecule has 0 saturated heterocycles. The van der Waals surface area contributed by atoms with E-state index in [2.05, 4.69) is 20.8 Å². The first-order valence-electron chi connectivity index (χ1n) is 4.87. The molecular formula is C10H19B. The highest BCUT2D eigenvalue weighted by Crippen LogP contribution is 2.45. The van der Waals surface area contributed by atoms with Gasteiger partial charge in [0.1, 0.15) is 0 Å². The maximum Gasteiger partial charge on any atom is 0.0703 e. The van der Waals surface area contributed by atoms with Crippen molar-refractivity contribution >= 4 is 7.85 Å². The summed E-state index contributed by atoms with van der Waals surface area (Å²) in [6.45, 7) is 6.90. The molecule has 0 spiro atoms. The summed E-state index contributed by atoms with van der Waals surface area (Å²) in [5.74, 6) is 3.08. The fourth-order valence-corrected chi connectivity index (χ4v) is 2.03. The molecule has 1 fully saturated rings. The van der Waals surface area contributed by atoms with Gasteiger partial charge in [0, 0.05) is 0 Å². The zero-order valence-corrected chi connectivity index (χ0v) is 8.01. The molecule has 0 heterocycles. The van der Waals surface area contributed by atoms with Gasteiger partial charge < -0.3 is 0 Å². The van der Waals surface area contributed by atoms with E-state index >= 15 is 0 Å². The topological polar surface area (TPSA) is 0 Å². The Morgan fingerprint density at radius 3 is 2.45 bits per heavy atom. The van der Waals surface area contributed by atoms with Crippen LogP contribution in [-0.4, -0.2) is 7.85 Å². The lowest BCUT2D eigenvalue weighted by Crippen LogP contribution is -2.30. The van der Waals surface area contributed by atoms with Crippen molar-refractivity contribution in [3.05, 3.63) is 0 Å². The Morgan fingerprint density at radius 1 is 1.45 bits per heavy atom. The Morgan fingerprint density at radius 2 is 2.09 bits per heavy atom. The van der Waals surface area contributed by atoms with Crippen molar-refractivity contribution in [1.82, 2.24) is 0 Å². The molecule has 3 atom stereocenters. The van der Waals surface area contributed by atoms with Crippen molar-refractivity contribution in [2.75, 3.05) is 0 Å². The van der Waals surface area contributed by atoms with E-state index in [1.165, 1.54) is 19.3 Å². The molecule has 0 bridgehead atoms. The summed E-state index contributed by atoms with van der Waals surface area (Å²) in [4.78, 5) is 0. The first-order chi connectivity index (χ1) is 5.11. The Hall–Kier alpha value is 0.0649. The summed E-state index contributed by atoms with van der Waals surface area (Å²) in [5.41, 5.74) is 0. The lowest BCUT2D eigenvalue weighted by atomic mass is 9.55. The van der Waals surface area contributed by atoms with Crippen LogP contribution in [0.3, 0.4) is 0 Å². The number of hydrogen-bond acceptors (Lipinski definition) is 0. The summed E-state index contributed by atoms with van der Waals surface area (Å²) >= 11 is 0. The Bertz CT molecular complexity index is 112. The molecule has 11 heavy (non-hydrogen) atoms. The van der Waals surface area contributed by atoms with Crippen LogP contribution in [0.4, 0.5) is 0 Å². The molecule has 1 aliphatic rings. The summed E-state index contributed by atoms with van der Waals surface area (Å²) in [6.07, 6.45) is 3.95. The van der Waals surface area contributed by atoms with E-state index in [9.17, 15) is 0 Å². The predicted molar refractivity (Wildman–Crippen MR) is 50.8 cm³/mol. The SMILES string of the molecule is [B]C1CC(C)C1CCC(C)C. The Labute approximate surface area is 72.2 Å². The van der Waals surface area contributed by atoms with Gasteiger partial charge in [-0.2, -0.15) is 0 Å². The van der Waals surface area contributed by atoms with Gasteiger partial charge in [-0.05, 0) is 17.8 Å². The number of hydrogen-bond donors (Lipinski definition) is 0. The van der Waals surface area contributed by atoms with Crippen LogP contribution >= 0.6 is 0 Å². The minimum absolute atomic E-state index is 0.517. The van der Waals surface area contributed by atoms with Crippen LogP contribution in [0, 0.1) is 17.8 Å². The highest BCUT2D eigenvalue weighted by atomic mass is 14.4. The van der Waals surface area contributed by atoms with Gasteiger partial charge in [0.05, 0.1) is 7.85 Å². The molecule has 1 aliphatic carbocycles. The standard InChI is InChI=1S/C10H19B/c1-7(2)4-5-9-8(3)6-10(9)11/h7-10H,4-6H2,1-3H3. The van der Waals surface area contributed by atoms with E-state index in [0.717, 1.165) is 17.8 Å². The van der Waals surface area contributed by atoms with E-state index in [1.54, 1.807) is 0 Å². The molecule has 0 aromatic carbocycles. The van der Waals surface area contributed by atoms with Crippen LogP contribution < -0.4 is 0 Å². The second-order valence-corrected chi connectivity index (χ2v) is 4.51. The summed E-state index contributed by atoms with van der Waals surface area (Å²) < 4.78 is 0. The molecular weight excluding hydrogens is 131 g/mol. The number of rotatable bonds is 3. The average Bonchev–Trinajstić information content (AvgIpc) is 1.86. The molecule has 0 aliphatic heterocycles. The predicted octanol–water partition coefficient (Wildman–Crippen LogP) is 3.04. The van der Waals surface area contributed by atoms with Crippen LogP contribution in [0.25, 0.3) is 0 Å². The summed E-state index contributed by atoms with van der Waals surface area (Å²) in [5, 5.41) is 0. The Balaban J connectivity index is 2.15. The van der Waals surface area contributed by atoms with E-state index in [1.807, 2.05) is 0 Å². The van der Waals surface area contributed by atoms with Crippen molar-refractivity contribution in [1.29, 1.82) is 0 Å². The van der Waals surface area contributed by atoms with Crippen LogP contribution in [0.2, 0.25) is 5.82 Å². The van der Waals surface area contributed by atoms with Crippen molar-refractivity contribution in [2.24, 2.45) is 17.8 Å². The lowest BCUT2D eigenvalue weighted by Gasteiger charge is -2.42. The van der Waals surface area contributed by atoms with Crippen LogP contribution in [0.15, 0.2) is 0 Å². The second-order valence-electron chi connectivity index (χ2n) is 4.51. The minimum atomic E-state index is 0.517. The zero-order valence-electron chi connectivity index (χ0n) is 8.01. The van der Waals surface area contributed by atoms with Gasteiger partial charge in [-0.15, -0.1) is 0 Å². The van der Waals surface area contributed by atoms with Gasteiger partial charge in [0.15, 0.2) is 0 Å². The lowest BCUT2D eigenvalue weighted by molar-refractivity contribution is 0.175. The van der Waals surface area contributed by atoms with Gasteiger partial charge in [-0.25, -0.2) is 0 Å². The molecule has 3 unspecified atom stereocenters. The van der Waals surface area contributed by atoms with Crippen LogP contribution in [-0.2, 0) is 0 Å². The second kappa shape index (κ2) is 3.64. The average molecular weight is 150 g/mol. The van der Waals surface area contributed by atoms with Crippen LogP contribution in [0.5, 0.6) is 0 Å². The molecule has 1 rings (SSSR count). The quantitative estimate of drug-likeness (QED) is 0.542. The molecule has 0 N–H and O–H groups in total. The third-order valence-corrected chi connectivity index (χ3v) is 3.00. The fraction of sp³-hybridized carbons (Fsp3) is 1.00. The third kappa shape index (κ3) is 2.25. The van der Waals surface area contributed by atoms with Crippen LogP contribution in [0.1, 0.15) is 40.0 Å². The molecule has 1 saturated carbocycles. The van der Waals surface area contributed by atoms with Crippen molar-refractivity contribution in [3.63, 3.8) is 0 Å². The van der Waals surface area contributed by atoms with E-state index < -0.39 is 0 Å². The van der Waals surface area contributed by atoms with Gasteiger partial charge in [-0.1, -0.05) is 45.9 Å². The van der Waals surface area contributed by atoms with Gasteiger partial charge in [0.2, 0.25) is 0 Å². The third-order valence-electron chi connectivity index (χ3n) is 3.00. The highest BCUT2D eigenvalue weighted by molar-refractivity contribution is 6.12. The summed E-state index contributed by atoms with van der Waals surface area (Å²) in [7, 11) is 5.90. The monoisotopic (exact) mass is 150 g/mol. The maximum atomic E-state index is 5.90. The van der Waals surface area contributed by atoms with Crippen molar-refractivity contribution < 1.29 is 0 Å². The first-order valence-corrected chi connectivity index (χ1v) is 4.87. The molecule has 0 aromatic rings. The normalized spacial score (nSPS) is 37.3. The fourth-order valence-electron chi connectivity index (χ4n) is 2.03. The summed E-state index contributed by atoms with van der Waals surface area (Å²) in [6, 6.07) is 0.